The number of carbonyl (C=O) groups excluding carboxylic acids is 2. The summed E-state index contributed by atoms with van der Waals surface area (Å²) in [5, 5.41) is 0. The zero-order chi connectivity index (χ0) is 31.1. The van der Waals surface area contributed by atoms with Crippen LogP contribution >= 0.6 is 0 Å². The molecule has 0 aromatic heterocycles. The summed E-state index contributed by atoms with van der Waals surface area (Å²) in [5.74, 6) is -0.933. The molecule has 0 N–H and O–H groups in total. The molecule has 1 atom stereocenters. The molecule has 0 aliphatic heterocycles. The number of Topliss-reactive ketones (excluding diaryl/α,β-unsaturated/α-hetero) is 2. The lowest BCUT2D eigenvalue weighted by atomic mass is 9.88. The third-order valence-corrected chi connectivity index (χ3v) is 6.57. The topological polar surface area (TPSA) is 34.1 Å². The van der Waals surface area contributed by atoms with Gasteiger partial charge in [0.05, 0.1) is 5.57 Å². The van der Waals surface area contributed by atoms with Gasteiger partial charge in [-0.15, -0.1) is 0 Å². The van der Waals surface area contributed by atoms with Crippen molar-refractivity contribution in [3.63, 3.8) is 0 Å². The maximum Gasteiger partial charge on any atom is 0.170 e. The van der Waals surface area contributed by atoms with E-state index in [9.17, 15) is 14.0 Å². The number of halogens is 1. The van der Waals surface area contributed by atoms with Crippen molar-refractivity contribution in [3.8, 4) is 0 Å². The number of benzene rings is 2. The number of hydrogen-bond donors (Lipinski definition) is 0. The molecule has 2 aromatic rings. The molecule has 0 bridgehead atoms. The molecular weight excluding hydrogens is 507 g/mol. The maximum atomic E-state index is 13.6. The van der Waals surface area contributed by atoms with E-state index in [1.54, 1.807) is 31.2 Å². The highest BCUT2D eigenvalue weighted by Gasteiger charge is 2.25. The van der Waals surface area contributed by atoms with Gasteiger partial charge >= 0.3 is 0 Å². The Hall–Kier alpha value is -4.11. The van der Waals surface area contributed by atoms with E-state index in [1.165, 1.54) is 24.1 Å². The van der Waals surface area contributed by atoms with Crippen LogP contribution in [-0.2, 0) is 16.0 Å². The Balaban J connectivity index is 0.000000387. The van der Waals surface area contributed by atoms with Crippen molar-refractivity contribution in [2.24, 2.45) is 5.92 Å². The van der Waals surface area contributed by atoms with Crippen LogP contribution in [-0.4, -0.2) is 11.6 Å². The molecule has 2 aromatic carbocycles. The molecule has 0 radical (unpaired) electrons. The lowest BCUT2D eigenvalue weighted by Gasteiger charge is -2.14. The molecule has 0 amide bonds. The zero-order valence-electron chi connectivity index (χ0n) is 25.8. The molecular formula is C38H45FO2. The molecule has 41 heavy (non-hydrogen) atoms. The smallest absolute Gasteiger partial charge is 0.170 e. The van der Waals surface area contributed by atoms with Crippen LogP contribution in [0.3, 0.4) is 0 Å². The first-order chi connectivity index (χ1) is 19.5. The van der Waals surface area contributed by atoms with Crippen LogP contribution in [0, 0.1) is 25.6 Å². The van der Waals surface area contributed by atoms with Crippen LogP contribution in [0.2, 0.25) is 0 Å². The van der Waals surface area contributed by atoms with Gasteiger partial charge in [-0.1, -0.05) is 112 Å². The largest absolute Gasteiger partial charge is 0.294 e. The van der Waals surface area contributed by atoms with E-state index >= 15 is 0 Å². The average Bonchev–Trinajstić information content (AvgIpc) is 3.13. The van der Waals surface area contributed by atoms with E-state index < -0.39 is 0 Å². The fourth-order valence-electron chi connectivity index (χ4n) is 4.32. The predicted octanol–water partition coefficient (Wildman–Crippen LogP) is 10.1. The molecule has 3 rings (SSSR count). The Morgan fingerprint density at radius 2 is 1.73 bits per heavy atom. The van der Waals surface area contributed by atoms with E-state index in [1.807, 2.05) is 38.1 Å². The minimum Gasteiger partial charge on any atom is -0.294 e. The van der Waals surface area contributed by atoms with Gasteiger partial charge in [0.2, 0.25) is 0 Å². The van der Waals surface area contributed by atoms with Crippen molar-refractivity contribution in [2.45, 2.75) is 61.3 Å². The quantitative estimate of drug-likeness (QED) is 0.241. The van der Waals surface area contributed by atoms with E-state index in [4.69, 9.17) is 0 Å². The van der Waals surface area contributed by atoms with E-state index in [-0.39, 0.29) is 28.9 Å². The molecule has 0 saturated heterocycles. The summed E-state index contributed by atoms with van der Waals surface area (Å²) in [4.78, 5) is 23.8. The highest BCUT2D eigenvalue weighted by Crippen LogP contribution is 2.29. The van der Waals surface area contributed by atoms with Gasteiger partial charge in [-0.3, -0.25) is 9.59 Å². The van der Waals surface area contributed by atoms with Gasteiger partial charge in [-0.25, -0.2) is 4.39 Å². The standard InChI is InChI=1S/C19H22.C17H17FO2.C2H6/c1-7-9-10-18(14(3)4)16(6)19-13-15(5)11-12-17(19)8-2;1-11-7-8-13(10-16(11)18)9-14-5-3-4-6-15(12(2)19)17(14)20;1-2/h7-13H,1-2,6H2,3-5H3;3-4,6-8,10,14H,5,9H2,1-2H3;1-2H3/b10-9-;;. The van der Waals surface area contributed by atoms with Gasteiger partial charge < -0.3 is 0 Å². The number of carbonyl (C=O) groups is 2. The van der Waals surface area contributed by atoms with Gasteiger partial charge in [0.1, 0.15) is 5.82 Å². The van der Waals surface area contributed by atoms with E-state index in [2.05, 4.69) is 64.8 Å². The van der Waals surface area contributed by atoms with Crippen LogP contribution in [0.25, 0.3) is 11.6 Å². The maximum absolute atomic E-state index is 13.6. The first kappa shape index (κ1) is 34.9. The van der Waals surface area contributed by atoms with E-state index in [0.717, 1.165) is 27.8 Å². The number of allylic oxidation sites excluding steroid dienone is 10. The van der Waals surface area contributed by atoms with Gasteiger partial charge in [0.25, 0.3) is 0 Å². The van der Waals surface area contributed by atoms with Crippen molar-refractivity contribution in [2.75, 3.05) is 0 Å². The van der Waals surface area contributed by atoms with Crippen LogP contribution in [0.5, 0.6) is 0 Å². The summed E-state index contributed by atoms with van der Waals surface area (Å²) in [6.07, 6.45) is 13.9. The van der Waals surface area contributed by atoms with Gasteiger partial charge in [-0.2, -0.15) is 0 Å². The Bertz CT molecular complexity index is 1390. The fraction of sp³-hybridized carbons (Fsp3) is 0.263. The predicted molar refractivity (Wildman–Crippen MR) is 175 cm³/mol. The molecule has 1 aliphatic rings. The summed E-state index contributed by atoms with van der Waals surface area (Å²) < 4.78 is 13.6. The highest BCUT2D eigenvalue weighted by molar-refractivity contribution is 6.20. The SMILES string of the molecule is C=C/C=C\C(C(=C)c1cc(C)ccc1C=C)=C(C)C.CC.CC(=O)C1=CC=CCC(Cc2ccc(C)c(F)c2)C1=O. The van der Waals surface area contributed by atoms with Crippen molar-refractivity contribution in [3.05, 3.63) is 143 Å². The van der Waals surface area contributed by atoms with Crippen LogP contribution in [0.15, 0.2) is 109 Å². The summed E-state index contributed by atoms with van der Waals surface area (Å²) in [6, 6.07) is 11.3. The Morgan fingerprint density at radius 1 is 1.05 bits per heavy atom. The van der Waals surface area contributed by atoms with Crippen LogP contribution < -0.4 is 0 Å². The van der Waals surface area contributed by atoms with Crippen molar-refractivity contribution >= 4 is 23.2 Å². The summed E-state index contributed by atoms with van der Waals surface area (Å²) in [7, 11) is 0. The average molecular weight is 553 g/mol. The first-order valence-corrected chi connectivity index (χ1v) is 14.1. The molecule has 0 heterocycles. The van der Waals surface area contributed by atoms with Gasteiger partial charge in [-0.05, 0) is 93.0 Å². The lowest BCUT2D eigenvalue weighted by molar-refractivity contribution is -0.122. The fourth-order valence-corrected chi connectivity index (χ4v) is 4.32. The Labute approximate surface area is 247 Å². The molecule has 0 spiro atoms. The van der Waals surface area contributed by atoms with Gasteiger partial charge in [0.15, 0.2) is 11.6 Å². The number of aryl methyl sites for hydroxylation is 2. The second-order valence-corrected chi connectivity index (χ2v) is 9.93. The first-order valence-electron chi connectivity index (χ1n) is 14.1. The number of rotatable bonds is 8. The molecule has 3 heteroatoms. The normalized spacial score (nSPS) is 14.0. The molecule has 0 fully saturated rings. The second kappa shape index (κ2) is 17.6. The van der Waals surface area contributed by atoms with Crippen molar-refractivity contribution in [1.29, 1.82) is 0 Å². The Morgan fingerprint density at radius 3 is 2.29 bits per heavy atom. The number of ketones is 2. The third kappa shape index (κ3) is 10.4. The second-order valence-electron chi connectivity index (χ2n) is 9.93. The number of hydrogen-bond acceptors (Lipinski definition) is 2. The van der Waals surface area contributed by atoms with Crippen LogP contribution in [0.4, 0.5) is 4.39 Å². The van der Waals surface area contributed by atoms with Gasteiger partial charge in [0, 0.05) is 5.92 Å². The summed E-state index contributed by atoms with van der Waals surface area (Å²) in [6.45, 7) is 25.2. The molecule has 1 aliphatic carbocycles. The van der Waals surface area contributed by atoms with Crippen molar-refractivity contribution in [1.82, 2.24) is 0 Å². The van der Waals surface area contributed by atoms with Crippen molar-refractivity contribution < 1.29 is 14.0 Å². The summed E-state index contributed by atoms with van der Waals surface area (Å²) >= 11 is 0. The minimum atomic E-state index is -0.300. The van der Waals surface area contributed by atoms with Crippen LogP contribution in [0.1, 0.15) is 68.9 Å². The molecule has 1 unspecified atom stereocenters. The summed E-state index contributed by atoms with van der Waals surface area (Å²) in [5.41, 5.74) is 8.49. The minimum absolute atomic E-state index is 0.150. The molecule has 2 nitrogen and oxygen atoms in total. The highest BCUT2D eigenvalue weighted by atomic mass is 19.1. The lowest BCUT2D eigenvalue weighted by Crippen LogP contribution is -2.21. The Kier molecular flexibility index (Phi) is 14.9. The monoisotopic (exact) mass is 552 g/mol. The zero-order valence-corrected chi connectivity index (χ0v) is 25.8. The van der Waals surface area contributed by atoms with E-state index in [0.29, 0.717) is 18.4 Å². The third-order valence-electron chi connectivity index (χ3n) is 6.57. The molecule has 0 saturated carbocycles. The molecule has 216 valence electrons.